The van der Waals surface area contributed by atoms with E-state index < -0.39 is 0 Å². The summed E-state index contributed by atoms with van der Waals surface area (Å²) in [6.45, 7) is 6.73. The first-order valence-corrected chi connectivity index (χ1v) is 8.52. The summed E-state index contributed by atoms with van der Waals surface area (Å²) >= 11 is 0. The molecule has 0 unspecified atom stereocenters. The summed E-state index contributed by atoms with van der Waals surface area (Å²) < 4.78 is 15.2. The van der Waals surface area contributed by atoms with Crippen molar-refractivity contribution in [3.8, 4) is 0 Å². The molecule has 138 valence electrons. The topological polar surface area (TPSA) is 102 Å². The molecule has 1 aliphatic heterocycles. The molecule has 3 heterocycles. The number of ether oxygens (including phenoxy) is 2. The van der Waals surface area contributed by atoms with E-state index in [4.69, 9.17) is 14.1 Å². The Bertz CT molecular complexity index is 660. The van der Waals surface area contributed by atoms with Crippen LogP contribution in [0.4, 0.5) is 11.6 Å². The average Bonchev–Trinajstić information content (AvgIpc) is 3.11. The Hall–Kier alpha value is -2.04. The van der Waals surface area contributed by atoms with Gasteiger partial charge in [0, 0.05) is 53.5 Å². The highest BCUT2D eigenvalue weighted by atomic mass is 16.6. The normalized spacial score (nSPS) is 15.6. The van der Waals surface area contributed by atoms with Gasteiger partial charge in [-0.05, 0) is 16.7 Å². The van der Waals surface area contributed by atoms with Crippen LogP contribution in [0, 0.1) is 0 Å². The fourth-order valence-electron chi connectivity index (χ4n) is 2.66. The molecule has 1 fully saturated rings. The number of nitrogens with one attached hydrogen (secondary N) is 1. The number of morpholine rings is 1. The maximum atomic E-state index is 5.39. The maximum Gasteiger partial charge on any atom is 0.245 e. The van der Waals surface area contributed by atoms with Gasteiger partial charge in [0.05, 0.1) is 13.2 Å². The summed E-state index contributed by atoms with van der Waals surface area (Å²) in [5.41, 5.74) is 0.815. The van der Waals surface area contributed by atoms with Crippen LogP contribution < -0.4 is 10.2 Å². The Balaban J connectivity index is 1.67. The van der Waals surface area contributed by atoms with Crippen molar-refractivity contribution in [3.05, 3.63) is 0 Å². The van der Waals surface area contributed by atoms with Gasteiger partial charge in [-0.25, -0.2) is 14.6 Å². The number of hydrogen-bond donors (Lipinski definition) is 1. The van der Waals surface area contributed by atoms with Crippen LogP contribution >= 0.6 is 0 Å². The first-order valence-electron chi connectivity index (χ1n) is 8.52. The Morgan fingerprint density at radius 2 is 1.96 bits per heavy atom. The lowest BCUT2D eigenvalue weighted by molar-refractivity contribution is 0.0393. The number of hydrogen-bond acceptors (Lipinski definition) is 10. The van der Waals surface area contributed by atoms with Crippen LogP contribution in [0.25, 0.3) is 11.3 Å². The minimum Gasteiger partial charge on any atom is -0.385 e. The molecule has 0 amide bonds. The molecule has 0 aliphatic carbocycles. The first-order chi connectivity index (χ1) is 12.3. The molecule has 3 rings (SSSR count). The molecule has 1 aliphatic rings. The van der Waals surface area contributed by atoms with Crippen molar-refractivity contribution in [2.45, 2.75) is 6.42 Å². The third kappa shape index (κ3) is 4.74. The number of nitrogens with zero attached hydrogens (tertiary/aromatic N) is 6. The van der Waals surface area contributed by atoms with Crippen molar-refractivity contribution < 1.29 is 14.1 Å². The summed E-state index contributed by atoms with van der Waals surface area (Å²) in [5, 5.41) is 10.9. The van der Waals surface area contributed by atoms with Crippen molar-refractivity contribution in [1.82, 2.24) is 25.2 Å². The lowest BCUT2D eigenvalue weighted by Crippen LogP contribution is -2.41. The Kier molecular flexibility index (Phi) is 6.31. The van der Waals surface area contributed by atoms with E-state index in [2.05, 4.69) is 35.4 Å². The second-order valence-corrected chi connectivity index (χ2v) is 5.96. The van der Waals surface area contributed by atoms with E-state index in [0.29, 0.717) is 23.7 Å². The minimum absolute atomic E-state index is 0.402. The fraction of sp³-hybridized carbons (Fsp3) is 0.733. The van der Waals surface area contributed by atoms with Crippen molar-refractivity contribution >= 4 is 22.9 Å². The molecule has 2 aromatic rings. The minimum atomic E-state index is 0.402. The average molecular weight is 351 g/mol. The van der Waals surface area contributed by atoms with Gasteiger partial charge in [-0.15, -0.1) is 0 Å². The van der Waals surface area contributed by atoms with Crippen LogP contribution in [0.15, 0.2) is 4.63 Å². The van der Waals surface area contributed by atoms with Crippen LogP contribution in [0.5, 0.6) is 0 Å². The van der Waals surface area contributed by atoms with Crippen LogP contribution in [0.3, 0.4) is 0 Å². The quantitative estimate of drug-likeness (QED) is 0.632. The summed E-state index contributed by atoms with van der Waals surface area (Å²) in [4.78, 5) is 13.5. The van der Waals surface area contributed by atoms with Gasteiger partial charge in [0.25, 0.3) is 0 Å². The largest absolute Gasteiger partial charge is 0.385 e. The molecule has 25 heavy (non-hydrogen) atoms. The molecule has 1 N–H and O–H groups in total. The van der Waals surface area contributed by atoms with Gasteiger partial charge in [0.2, 0.25) is 11.3 Å². The zero-order chi connectivity index (χ0) is 17.5. The Morgan fingerprint density at radius 3 is 2.72 bits per heavy atom. The van der Waals surface area contributed by atoms with Gasteiger partial charge in [-0.3, -0.25) is 4.90 Å². The molecule has 2 aromatic heterocycles. The van der Waals surface area contributed by atoms with Gasteiger partial charge in [0.15, 0.2) is 11.6 Å². The molecule has 0 aromatic carbocycles. The molecule has 0 saturated carbocycles. The molecule has 1 saturated heterocycles. The second-order valence-electron chi connectivity index (χ2n) is 5.96. The summed E-state index contributed by atoms with van der Waals surface area (Å²) in [5.74, 6) is 1.43. The molecule has 0 radical (unpaired) electrons. The summed E-state index contributed by atoms with van der Waals surface area (Å²) in [6, 6.07) is 0. The maximum absolute atomic E-state index is 5.39. The van der Waals surface area contributed by atoms with Crippen LogP contribution in [-0.4, -0.2) is 91.9 Å². The second kappa shape index (κ2) is 8.88. The monoisotopic (exact) mass is 351 g/mol. The van der Waals surface area contributed by atoms with Crippen LogP contribution in [0.1, 0.15) is 6.42 Å². The molecule has 0 atom stereocenters. The predicted molar refractivity (Wildman–Crippen MR) is 92.9 cm³/mol. The zero-order valence-electron chi connectivity index (χ0n) is 14.8. The highest BCUT2D eigenvalue weighted by molar-refractivity contribution is 5.73. The number of anilines is 2. The fourth-order valence-corrected chi connectivity index (χ4v) is 2.66. The highest BCUT2D eigenvalue weighted by Crippen LogP contribution is 2.22. The van der Waals surface area contributed by atoms with E-state index in [1.54, 1.807) is 7.11 Å². The lowest BCUT2D eigenvalue weighted by Gasteiger charge is -2.29. The molecule has 10 nitrogen and oxygen atoms in total. The van der Waals surface area contributed by atoms with Crippen molar-refractivity contribution in [2.24, 2.45) is 0 Å². The van der Waals surface area contributed by atoms with E-state index >= 15 is 0 Å². The highest BCUT2D eigenvalue weighted by Gasteiger charge is 2.17. The SMILES string of the molecule is COCCCNc1nc2nonc2nc1N(C)CCN1CCOCC1. The molecule has 0 bridgehead atoms. The lowest BCUT2D eigenvalue weighted by atomic mass is 10.4. The van der Waals surface area contributed by atoms with Gasteiger partial charge in [-0.2, -0.15) is 0 Å². The van der Waals surface area contributed by atoms with Crippen molar-refractivity contribution in [2.75, 3.05) is 76.9 Å². The molecular formula is C15H25N7O3. The zero-order valence-corrected chi connectivity index (χ0v) is 14.8. The van der Waals surface area contributed by atoms with E-state index in [0.717, 1.165) is 58.2 Å². The van der Waals surface area contributed by atoms with E-state index in [1.807, 2.05) is 7.05 Å². The standard InChI is InChI=1S/C15H25N7O3/c1-21(5-6-22-7-10-24-11-8-22)15-14(16-4-3-9-23-2)17-12-13(18-15)20-25-19-12/h3-11H2,1-2H3,(H,16,17,19). The van der Waals surface area contributed by atoms with Crippen molar-refractivity contribution in [3.63, 3.8) is 0 Å². The van der Waals surface area contributed by atoms with E-state index in [-0.39, 0.29) is 0 Å². The number of aromatic nitrogens is 4. The predicted octanol–water partition coefficient (Wildman–Crippen LogP) is 0.230. The van der Waals surface area contributed by atoms with Gasteiger partial charge in [-0.1, -0.05) is 0 Å². The van der Waals surface area contributed by atoms with E-state index in [9.17, 15) is 0 Å². The Morgan fingerprint density at radius 1 is 1.20 bits per heavy atom. The summed E-state index contributed by atoms with van der Waals surface area (Å²) in [6.07, 6.45) is 0.879. The number of methoxy groups -OCH3 is 1. The first kappa shape index (κ1) is 17.8. The Labute approximate surface area is 146 Å². The van der Waals surface area contributed by atoms with E-state index in [1.165, 1.54) is 0 Å². The molecular weight excluding hydrogens is 326 g/mol. The van der Waals surface area contributed by atoms with Crippen LogP contribution in [-0.2, 0) is 9.47 Å². The third-order valence-electron chi connectivity index (χ3n) is 4.13. The van der Waals surface area contributed by atoms with Gasteiger partial charge in [0.1, 0.15) is 0 Å². The van der Waals surface area contributed by atoms with Crippen LogP contribution in [0.2, 0.25) is 0 Å². The van der Waals surface area contributed by atoms with Gasteiger partial charge < -0.3 is 19.7 Å². The molecule has 0 spiro atoms. The number of fused-ring (bicyclic) bond motifs is 1. The van der Waals surface area contributed by atoms with Crippen molar-refractivity contribution in [1.29, 1.82) is 0 Å². The smallest absolute Gasteiger partial charge is 0.245 e. The molecule has 10 heteroatoms. The third-order valence-corrected chi connectivity index (χ3v) is 4.13. The summed E-state index contributed by atoms with van der Waals surface area (Å²) in [7, 11) is 3.70. The van der Waals surface area contributed by atoms with Gasteiger partial charge >= 0.3 is 0 Å². The number of rotatable bonds is 9. The number of likely N-dealkylation sites (N-methyl/N-ethyl adjacent to an activating group) is 1.